The van der Waals surface area contributed by atoms with E-state index in [2.05, 4.69) is 15.1 Å². The molecule has 4 rings (SSSR count). The van der Waals surface area contributed by atoms with Crippen LogP contribution in [-0.4, -0.2) is 31.2 Å². The molecule has 0 saturated carbocycles. The summed E-state index contributed by atoms with van der Waals surface area (Å²) in [5.74, 6) is 0.175. The quantitative estimate of drug-likeness (QED) is 0.630. The van der Waals surface area contributed by atoms with Gasteiger partial charge in [0, 0.05) is 24.3 Å². The van der Waals surface area contributed by atoms with Crippen molar-refractivity contribution >= 4 is 27.2 Å². The largest absolute Gasteiger partial charge is 0.505 e. The van der Waals surface area contributed by atoms with Crippen LogP contribution in [0, 0.1) is 0 Å². The molecule has 0 unspecified atom stereocenters. The van der Waals surface area contributed by atoms with Gasteiger partial charge in [-0.05, 0) is 61.6 Å². The predicted molar refractivity (Wildman–Crippen MR) is 97.4 cm³/mol. The van der Waals surface area contributed by atoms with Gasteiger partial charge in [0.25, 0.3) is 10.1 Å². The summed E-state index contributed by atoms with van der Waals surface area (Å²) < 4.78 is 31.1. The Morgan fingerprint density at radius 2 is 1.69 bits per heavy atom. The lowest BCUT2D eigenvalue weighted by molar-refractivity contribution is 0.463. The third kappa shape index (κ3) is 3.06. The van der Waals surface area contributed by atoms with Crippen LogP contribution in [-0.2, 0) is 23.0 Å². The fourth-order valence-corrected chi connectivity index (χ4v) is 4.18. The Morgan fingerprint density at radius 1 is 1.00 bits per heavy atom. The summed E-state index contributed by atoms with van der Waals surface area (Å²) in [6, 6.07) is 7.32. The van der Waals surface area contributed by atoms with Crippen LogP contribution in [0.1, 0.15) is 24.0 Å². The molecule has 0 bridgehead atoms. The molecule has 0 saturated heterocycles. The maximum Gasteiger partial charge on any atom is 0.294 e. The highest BCUT2D eigenvalue weighted by Gasteiger charge is 2.27. The molecule has 0 aliphatic carbocycles. The van der Waals surface area contributed by atoms with Crippen molar-refractivity contribution in [2.75, 3.05) is 18.0 Å². The van der Waals surface area contributed by atoms with Gasteiger partial charge in [-0.25, -0.2) is 0 Å². The van der Waals surface area contributed by atoms with Crippen molar-refractivity contribution in [1.29, 1.82) is 0 Å². The second kappa shape index (κ2) is 6.37. The smallest absolute Gasteiger partial charge is 0.294 e. The molecular weight excluding hydrogens is 354 g/mol. The molecule has 0 radical (unpaired) electrons. The van der Waals surface area contributed by atoms with Gasteiger partial charge in [0.1, 0.15) is 11.4 Å². The Morgan fingerprint density at radius 3 is 2.38 bits per heavy atom. The lowest BCUT2D eigenvalue weighted by Gasteiger charge is -2.37. The van der Waals surface area contributed by atoms with Crippen LogP contribution < -0.4 is 4.90 Å². The highest BCUT2D eigenvalue weighted by atomic mass is 32.2. The Labute approximate surface area is 151 Å². The summed E-state index contributed by atoms with van der Waals surface area (Å²) in [6.07, 6.45) is 3.89. The van der Waals surface area contributed by atoms with E-state index in [1.807, 2.05) is 6.07 Å². The first-order valence-corrected chi connectivity index (χ1v) is 9.99. The molecule has 8 heteroatoms. The maximum absolute atomic E-state index is 11.1. The van der Waals surface area contributed by atoms with E-state index >= 15 is 0 Å². The van der Waals surface area contributed by atoms with Crippen LogP contribution in [0.2, 0.25) is 0 Å². The Balaban J connectivity index is 1.68. The first kappa shape index (κ1) is 17.0. The van der Waals surface area contributed by atoms with Gasteiger partial charge in [-0.1, -0.05) is 0 Å². The minimum Gasteiger partial charge on any atom is -0.505 e. The number of hydrogen-bond donors (Lipinski definition) is 2. The van der Waals surface area contributed by atoms with Crippen LogP contribution in [0.4, 0.5) is 17.1 Å². The summed E-state index contributed by atoms with van der Waals surface area (Å²) in [5, 5.41) is 18.9. The molecule has 0 fully saturated rings. The van der Waals surface area contributed by atoms with E-state index in [4.69, 9.17) is 4.55 Å². The van der Waals surface area contributed by atoms with Gasteiger partial charge >= 0.3 is 0 Å². The average molecular weight is 373 g/mol. The zero-order chi connectivity index (χ0) is 18.3. The van der Waals surface area contributed by atoms with Crippen LogP contribution in [0.15, 0.2) is 45.5 Å². The summed E-state index contributed by atoms with van der Waals surface area (Å²) in [4.78, 5) is 2.14. The minimum atomic E-state index is -4.23. The molecule has 0 amide bonds. The van der Waals surface area contributed by atoms with Crippen molar-refractivity contribution in [3.8, 4) is 5.75 Å². The molecule has 7 nitrogen and oxygen atoms in total. The van der Waals surface area contributed by atoms with Crippen LogP contribution in [0.3, 0.4) is 0 Å². The predicted octanol–water partition coefficient (Wildman–Crippen LogP) is 3.75. The van der Waals surface area contributed by atoms with Crippen molar-refractivity contribution in [2.45, 2.75) is 30.6 Å². The van der Waals surface area contributed by atoms with E-state index in [9.17, 15) is 13.5 Å². The SMILES string of the molecule is O=S(=O)(O)c1ccc(N=Nc2cc3c4c(c2O)CCCN4CCC3)cc1. The molecule has 2 aromatic rings. The summed E-state index contributed by atoms with van der Waals surface area (Å²) in [6.45, 7) is 2.06. The normalized spacial score (nSPS) is 16.7. The number of phenols is 1. The van der Waals surface area contributed by atoms with E-state index in [1.54, 1.807) is 0 Å². The molecule has 2 aliphatic heterocycles. The van der Waals surface area contributed by atoms with Crippen LogP contribution in [0.5, 0.6) is 5.75 Å². The molecule has 26 heavy (non-hydrogen) atoms. The first-order valence-electron chi connectivity index (χ1n) is 8.55. The van der Waals surface area contributed by atoms with Crippen LogP contribution >= 0.6 is 0 Å². The molecule has 0 aromatic heterocycles. The maximum atomic E-state index is 11.1. The highest BCUT2D eigenvalue weighted by molar-refractivity contribution is 7.85. The molecule has 2 N–H and O–H groups in total. The van der Waals surface area contributed by atoms with E-state index < -0.39 is 10.1 Å². The van der Waals surface area contributed by atoms with Crippen molar-refractivity contribution < 1.29 is 18.1 Å². The molecule has 0 spiro atoms. The molecule has 2 heterocycles. The van der Waals surface area contributed by atoms with Crippen molar-refractivity contribution in [3.63, 3.8) is 0 Å². The van der Waals surface area contributed by atoms with Gasteiger partial charge in [-0.15, -0.1) is 5.11 Å². The number of nitrogens with zero attached hydrogens (tertiary/aromatic N) is 3. The third-order valence-electron chi connectivity index (χ3n) is 4.88. The molecule has 0 atom stereocenters. The summed E-state index contributed by atoms with van der Waals surface area (Å²) >= 11 is 0. The Kier molecular flexibility index (Phi) is 4.16. The number of azo groups is 1. The fraction of sp³-hybridized carbons (Fsp3) is 0.333. The molecule has 2 aromatic carbocycles. The number of benzene rings is 2. The highest BCUT2D eigenvalue weighted by Crippen LogP contribution is 2.45. The van der Waals surface area contributed by atoms with E-state index in [0.29, 0.717) is 11.4 Å². The minimum absolute atomic E-state index is 0.175. The second-order valence-electron chi connectivity index (χ2n) is 6.59. The number of rotatable bonds is 3. The number of aryl methyl sites for hydroxylation is 1. The first-order chi connectivity index (χ1) is 12.4. The third-order valence-corrected chi connectivity index (χ3v) is 5.75. The van der Waals surface area contributed by atoms with Crippen molar-refractivity contribution in [3.05, 3.63) is 41.5 Å². The standard InChI is InChI=1S/C18H19N3O4S/c22-18-15-4-2-10-21-9-1-3-12(17(15)21)11-16(18)20-19-13-5-7-14(8-6-13)26(23,24)25/h5-8,11,22H,1-4,9-10H2,(H,23,24,25). The number of aromatic hydroxyl groups is 1. The molecular formula is C18H19N3O4S. The number of phenolic OH excluding ortho intramolecular Hbond substituents is 1. The lowest BCUT2D eigenvalue weighted by atomic mass is 9.90. The van der Waals surface area contributed by atoms with E-state index in [-0.39, 0.29) is 10.6 Å². The number of anilines is 1. The van der Waals surface area contributed by atoms with E-state index in [1.165, 1.54) is 29.8 Å². The average Bonchev–Trinajstić information content (AvgIpc) is 2.63. The number of hydrogen-bond acceptors (Lipinski definition) is 6. The van der Waals surface area contributed by atoms with Gasteiger partial charge in [-0.2, -0.15) is 13.5 Å². The molecule has 136 valence electrons. The molecule has 2 aliphatic rings. The van der Waals surface area contributed by atoms with Gasteiger partial charge in [0.15, 0.2) is 0 Å². The van der Waals surface area contributed by atoms with Gasteiger partial charge in [0.05, 0.1) is 10.6 Å². The topological polar surface area (TPSA) is 103 Å². The Hall–Kier alpha value is -2.45. The van der Waals surface area contributed by atoms with Crippen molar-refractivity contribution in [1.82, 2.24) is 0 Å². The van der Waals surface area contributed by atoms with E-state index in [0.717, 1.165) is 50.0 Å². The summed E-state index contributed by atoms with van der Waals surface area (Å²) in [7, 11) is -4.23. The second-order valence-corrected chi connectivity index (χ2v) is 8.02. The zero-order valence-electron chi connectivity index (χ0n) is 14.1. The van der Waals surface area contributed by atoms with Gasteiger partial charge < -0.3 is 10.0 Å². The summed E-state index contributed by atoms with van der Waals surface area (Å²) in [5.41, 5.74) is 4.17. The van der Waals surface area contributed by atoms with Crippen LogP contribution in [0.25, 0.3) is 0 Å². The zero-order valence-corrected chi connectivity index (χ0v) is 14.9. The van der Waals surface area contributed by atoms with Crippen molar-refractivity contribution in [2.24, 2.45) is 10.2 Å². The fourth-order valence-electron chi connectivity index (χ4n) is 3.70. The van der Waals surface area contributed by atoms with Gasteiger partial charge in [0.2, 0.25) is 0 Å². The van der Waals surface area contributed by atoms with Gasteiger partial charge in [-0.3, -0.25) is 4.55 Å². The monoisotopic (exact) mass is 373 g/mol. The lowest BCUT2D eigenvalue weighted by Crippen LogP contribution is -2.34. The Bertz CT molecular complexity index is 982.